The Hall–Kier alpha value is -3.87. The molecule has 38 heavy (non-hydrogen) atoms. The predicted octanol–water partition coefficient (Wildman–Crippen LogP) is 5.33. The normalized spacial score (nSPS) is 12.3. The molecule has 1 N–H and O–H groups in total. The van der Waals surface area contributed by atoms with Crippen molar-refractivity contribution in [2.24, 2.45) is 0 Å². The highest BCUT2D eigenvalue weighted by atomic mass is 19.1. The number of amides is 2. The van der Waals surface area contributed by atoms with Crippen molar-refractivity contribution in [3.63, 3.8) is 0 Å². The molecule has 2 unspecified atom stereocenters. The molecule has 202 valence electrons. The lowest BCUT2D eigenvalue weighted by Gasteiger charge is -2.32. The third-order valence-electron chi connectivity index (χ3n) is 6.65. The SMILES string of the molecule is CCC(C)NC(=O)C(Cc1ccccc1)N(Cc1ccccc1F)C(=O)CCc1ccc(OC)c(OC)c1. The molecule has 2 atom stereocenters. The first kappa shape index (κ1) is 28.7. The van der Waals surface area contributed by atoms with Crippen molar-refractivity contribution in [3.8, 4) is 11.5 Å². The summed E-state index contributed by atoms with van der Waals surface area (Å²) in [4.78, 5) is 28.8. The van der Waals surface area contributed by atoms with E-state index in [1.807, 2.05) is 56.3 Å². The van der Waals surface area contributed by atoms with Crippen LogP contribution in [-0.2, 0) is 29.0 Å². The van der Waals surface area contributed by atoms with Crippen molar-refractivity contribution < 1.29 is 23.5 Å². The molecule has 0 saturated heterocycles. The fourth-order valence-electron chi connectivity index (χ4n) is 4.24. The van der Waals surface area contributed by atoms with Crippen LogP contribution >= 0.6 is 0 Å². The van der Waals surface area contributed by atoms with Crippen LogP contribution in [0.3, 0.4) is 0 Å². The first-order valence-electron chi connectivity index (χ1n) is 12.9. The molecule has 0 aliphatic rings. The molecule has 0 spiro atoms. The Labute approximate surface area is 224 Å². The molecule has 0 heterocycles. The van der Waals surface area contributed by atoms with Gasteiger partial charge in [0.25, 0.3) is 0 Å². The molecule has 0 bridgehead atoms. The predicted molar refractivity (Wildman–Crippen MR) is 147 cm³/mol. The zero-order chi connectivity index (χ0) is 27.5. The molecule has 0 fully saturated rings. The molecule has 0 aliphatic carbocycles. The highest BCUT2D eigenvalue weighted by molar-refractivity contribution is 5.88. The average Bonchev–Trinajstić information content (AvgIpc) is 2.94. The Morgan fingerprint density at radius 1 is 0.921 bits per heavy atom. The Kier molecular flexibility index (Phi) is 10.7. The summed E-state index contributed by atoms with van der Waals surface area (Å²) in [5, 5.41) is 3.03. The van der Waals surface area contributed by atoms with Gasteiger partial charge in [-0.3, -0.25) is 9.59 Å². The fourth-order valence-corrected chi connectivity index (χ4v) is 4.24. The van der Waals surface area contributed by atoms with Crippen LogP contribution in [0.4, 0.5) is 4.39 Å². The Bertz CT molecular complexity index is 1200. The highest BCUT2D eigenvalue weighted by Crippen LogP contribution is 2.28. The number of rotatable bonds is 13. The molecule has 7 heteroatoms. The van der Waals surface area contributed by atoms with E-state index in [1.54, 1.807) is 38.5 Å². The fraction of sp³-hybridized carbons (Fsp3) is 0.355. The molecule has 3 aromatic rings. The van der Waals surface area contributed by atoms with E-state index in [2.05, 4.69) is 5.32 Å². The van der Waals surface area contributed by atoms with Gasteiger partial charge in [0.15, 0.2) is 11.5 Å². The summed E-state index contributed by atoms with van der Waals surface area (Å²) in [6.07, 6.45) is 1.65. The number of hydrogen-bond acceptors (Lipinski definition) is 4. The quantitative estimate of drug-likeness (QED) is 0.331. The molecule has 3 rings (SSSR count). The van der Waals surface area contributed by atoms with Crippen molar-refractivity contribution in [1.29, 1.82) is 0 Å². The number of carbonyl (C=O) groups excluding carboxylic acids is 2. The van der Waals surface area contributed by atoms with E-state index in [9.17, 15) is 14.0 Å². The minimum absolute atomic E-state index is 0.0110. The van der Waals surface area contributed by atoms with Crippen LogP contribution in [0.25, 0.3) is 0 Å². The molecular weight excluding hydrogens is 483 g/mol. The lowest BCUT2D eigenvalue weighted by atomic mass is 10.0. The van der Waals surface area contributed by atoms with Crippen LogP contribution in [0.15, 0.2) is 72.8 Å². The number of carbonyl (C=O) groups is 2. The molecule has 6 nitrogen and oxygen atoms in total. The van der Waals surface area contributed by atoms with Gasteiger partial charge in [0.1, 0.15) is 11.9 Å². The number of ether oxygens (including phenoxy) is 2. The lowest BCUT2D eigenvalue weighted by Crippen LogP contribution is -2.52. The van der Waals surface area contributed by atoms with Crippen LogP contribution in [-0.4, -0.2) is 43.0 Å². The molecule has 0 radical (unpaired) electrons. The Morgan fingerprint density at radius 3 is 2.26 bits per heavy atom. The first-order chi connectivity index (χ1) is 18.4. The van der Waals surface area contributed by atoms with Crippen LogP contribution in [0, 0.1) is 5.82 Å². The summed E-state index contributed by atoms with van der Waals surface area (Å²) in [7, 11) is 3.13. The van der Waals surface area contributed by atoms with Crippen molar-refractivity contribution in [1.82, 2.24) is 10.2 Å². The minimum Gasteiger partial charge on any atom is -0.493 e. The summed E-state index contributed by atoms with van der Waals surface area (Å²) in [6.45, 7) is 3.91. The number of benzene rings is 3. The van der Waals surface area contributed by atoms with Crippen LogP contribution < -0.4 is 14.8 Å². The van der Waals surface area contributed by atoms with Crippen molar-refractivity contribution >= 4 is 11.8 Å². The van der Waals surface area contributed by atoms with Gasteiger partial charge >= 0.3 is 0 Å². The van der Waals surface area contributed by atoms with E-state index in [-0.39, 0.29) is 30.8 Å². The van der Waals surface area contributed by atoms with Crippen LogP contribution in [0.2, 0.25) is 0 Å². The third-order valence-corrected chi connectivity index (χ3v) is 6.65. The minimum atomic E-state index is -0.802. The van der Waals surface area contributed by atoms with E-state index < -0.39 is 11.9 Å². The lowest BCUT2D eigenvalue weighted by molar-refractivity contribution is -0.141. The first-order valence-corrected chi connectivity index (χ1v) is 12.9. The average molecular weight is 521 g/mol. The van der Waals surface area contributed by atoms with Gasteiger partial charge in [-0.15, -0.1) is 0 Å². The zero-order valence-electron chi connectivity index (χ0n) is 22.6. The van der Waals surface area contributed by atoms with E-state index in [0.29, 0.717) is 29.9 Å². The van der Waals surface area contributed by atoms with E-state index >= 15 is 0 Å². The van der Waals surface area contributed by atoms with Gasteiger partial charge in [0.05, 0.1) is 14.2 Å². The summed E-state index contributed by atoms with van der Waals surface area (Å²) in [5.41, 5.74) is 2.18. The maximum Gasteiger partial charge on any atom is 0.243 e. The largest absolute Gasteiger partial charge is 0.493 e. The second-order valence-corrected chi connectivity index (χ2v) is 9.33. The van der Waals surface area contributed by atoms with Crippen molar-refractivity contribution in [2.45, 2.75) is 58.2 Å². The molecular formula is C31H37FN2O4. The highest BCUT2D eigenvalue weighted by Gasteiger charge is 2.31. The van der Waals surface area contributed by atoms with Crippen LogP contribution in [0.5, 0.6) is 11.5 Å². The number of hydrogen-bond donors (Lipinski definition) is 1. The van der Waals surface area contributed by atoms with Gasteiger partial charge in [-0.1, -0.05) is 61.5 Å². The third kappa shape index (κ3) is 7.81. The Morgan fingerprint density at radius 2 is 1.61 bits per heavy atom. The standard InChI is InChI=1S/C31H37FN2O4/c1-5-22(2)33-31(36)27(19-23-11-7-6-8-12-23)34(21-25-13-9-10-14-26(25)32)30(35)18-16-24-15-17-28(37-3)29(20-24)38-4/h6-15,17,20,22,27H,5,16,18-19,21H2,1-4H3,(H,33,36). The number of nitrogens with one attached hydrogen (secondary N) is 1. The van der Waals surface area contributed by atoms with Gasteiger partial charge < -0.3 is 19.7 Å². The van der Waals surface area contributed by atoms with E-state index in [0.717, 1.165) is 17.5 Å². The number of methoxy groups -OCH3 is 2. The summed E-state index contributed by atoms with van der Waals surface area (Å²) < 4.78 is 25.4. The van der Waals surface area contributed by atoms with Crippen molar-refractivity contribution in [2.75, 3.05) is 14.2 Å². The summed E-state index contributed by atoms with van der Waals surface area (Å²) in [6, 6.07) is 20.6. The molecule has 0 aromatic heterocycles. The van der Waals surface area contributed by atoms with Gasteiger partial charge in [-0.2, -0.15) is 0 Å². The Balaban J connectivity index is 1.92. The van der Waals surface area contributed by atoms with E-state index in [1.165, 1.54) is 11.0 Å². The second kappa shape index (κ2) is 14.2. The van der Waals surface area contributed by atoms with Gasteiger partial charge in [-0.25, -0.2) is 4.39 Å². The van der Waals surface area contributed by atoms with Gasteiger partial charge in [0.2, 0.25) is 11.8 Å². The molecule has 0 aliphatic heterocycles. The molecule has 2 amide bonds. The monoisotopic (exact) mass is 520 g/mol. The van der Waals surface area contributed by atoms with Crippen LogP contribution in [0.1, 0.15) is 43.4 Å². The number of halogens is 1. The summed E-state index contributed by atoms with van der Waals surface area (Å²) >= 11 is 0. The van der Waals surface area contributed by atoms with Crippen molar-refractivity contribution in [3.05, 3.63) is 95.3 Å². The number of aryl methyl sites for hydroxylation is 1. The maximum atomic E-state index is 14.7. The van der Waals surface area contributed by atoms with E-state index in [4.69, 9.17) is 9.47 Å². The second-order valence-electron chi connectivity index (χ2n) is 9.33. The zero-order valence-corrected chi connectivity index (χ0v) is 22.6. The van der Waals surface area contributed by atoms with Gasteiger partial charge in [-0.05, 0) is 49.1 Å². The maximum absolute atomic E-state index is 14.7. The molecule has 0 saturated carbocycles. The summed E-state index contributed by atoms with van der Waals surface area (Å²) in [5.74, 6) is 0.289. The topological polar surface area (TPSA) is 67.9 Å². The number of nitrogens with zero attached hydrogens (tertiary/aromatic N) is 1. The molecule has 3 aromatic carbocycles. The smallest absolute Gasteiger partial charge is 0.243 e. The van der Waals surface area contributed by atoms with Gasteiger partial charge in [0, 0.05) is 31.0 Å².